The fourth-order valence-electron chi connectivity index (χ4n) is 4.09. The van der Waals surface area contributed by atoms with E-state index in [4.69, 9.17) is 9.84 Å². The number of methoxy groups -OCH3 is 1. The number of esters is 1. The molecule has 1 aromatic heterocycles. The number of alkyl halides is 6. The molecule has 1 atom stereocenters. The molecule has 1 fully saturated rings. The molecule has 1 amide bonds. The third-order valence-corrected chi connectivity index (χ3v) is 7.79. The van der Waals surface area contributed by atoms with E-state index < -0.39 is 62.9 Å². The number of piperazine rings is 1. The van der Waals surface area contributed by atoms with Gasteiger partial charge in [0.25, 0.3) is 5.91 Å². The number of aromatic hydroxyl groups is 1. The highest BCUT2D eigenvalue weighted by molar-refractivity contribution is 7.90. The number of anilines is 1. The van der Waals surface area contributed by atoms with E-state index in [0.717, 1.165) is 31.4 Å². The van der Waals surface area contributed by atoms with Crippen molar-refractivity contribution in [3.05, 3.63) is 77.2 Å². The number of pyridine rings is 1. The summed E-state index contributed by atoms with van der Waals surface area (Å²) >= 11 is 0. The third-order valence-electron chi connectivity index (χ3n) is 6.68. The molecule has 0 unspecified atom stereocenters. The van der Waals surface area contributed by atoms with Crippen LogP contribution in [-0.2, 0) is 20.8 Å². The summed E-state index contributed by atoms with van der Waals surface area (Å²) in [5.41, 5.74) is -1.24. The molecule has 10 nitrogen and oxygen atoms in total. The lowest BCUT2D eigenvalue weighted by Gasteiger charge is -2.36. The number of aromatic nitrogens is 1. The first-order valence-corrected chi connectivity index (χ1v) is 15.3. The zero-order valence-electron chi connectivity index (χ0n) is 24.9. The van der Waals surface area contributed by atoms with Gasteiger partial charge in [0.1, 0.15) is 11.5 Å². The molecule has 3 aromatic rings. The molecule has 0 bridgehead atoms. The van der Waals surface area contributed by atoms with Gasteiger partial charge in [0, 0.05) is 38.6 Å². The molecule has 18 heteroatoms. The summed E-state index contributed by atoms with van der Waals surface area (Å²) in [6.07, 6.45) is -10.5. The molecule has 0 saturated carbocycles. The number of nitrogens with zero attached hydrogens (tertiary/aromatic N) is 3. The summed E-state index contributed by atoms with van der Waals surface area (Å²) in [5.74, 6) is -3.12. The Morgan fingerprint density at radius 1 is 0.957 bits per heavy atom. The van der Waals surface area contributed by atoms with Crippen LogP contribution >= 0.6 is 0 Å². The van der Waals surface area contributed by atoms with Crippen LogP contribution in [0.25, 0.3) is 0 Å². The Hall–Kier alpha value is -4.61. The second-order valence-electron chi connectivity index (χ2n) is 10.1. The zero-order valence-corrected chi connectivity index (χ0v) is 25.7. The predicted molar refractivity (Wildman–Crippen MR) is 152 cm³/mol. The van der Waals surface area contributed by atoms with Crippen LogP contribution < -0.4 is 9.64 Å². The van der Waals surface area contributed by atoms with Gasteiger partial charge in [0.05, 0.1) is 28.7 Å². The topological polar surface area (TPSA) is 126 Å². The maximum absolute atomic E-state index is 14.3. The maximum Gasteiger partial charge on any atom is 0.425 e. The number of ether oxygens (including phenoxy) is 2. The third kappa shape index (κ3) is 9.69. The fraction of sp³-hybridized carbons (Fsp3) is 0.345. The minimum absolute atomic E-state index is 0.0536. The summed E-state index contributed by atoms with van der Waals surface area (Å²) in [4.78, 5) is 29.7. The number of phenolic OH excluding ortho intramolecular Hbond substituents is 1. The second-order valence-corrected chi connectivity index (χ2v) is 12.1. The Bertz CT molecular complexity index is 1690. The first-order chi connectivity index (χ1) is 21.7. The summed E-state index contributed by atoms with van der Waals surface area (Å²) < 4.78 is 125. The lowest BCUT2D eigenvalue weighted by molar-refractivity contribution is -0.189. The molecular weight excluding hydrogens is 667 g/mol. The van der Waals surface area contributed by atoms with Crippen molar-refractivity contribution in [3.8, 4) is 11.5 Å². The van der Waals surface area contributed by atoms with Crippen LogP contribution in [0.15, 0.2) is 59.6 Å². The minimum Gasteiger partial charge on any atom is -0.508 e. The Labute approximate surface area is 264 Å². The SMILES string of the molecule is COC(=O)c1ccc(O)cc1.C[C@H](Oc1ccc(S(C)(=O)=O)cc1C(=O)N1CCN(c2ncc(C(F)(F)F)cc2F)CC1)C(F)(F)F. The number of halogens is 7. The molecule has 0 aliphatic carbocycles. The summed E-state index contributed by atoms with van der Waals surface area (Å²) in [6.45, 7) is 0.420. The van der Waals surface area contributed by atoms with Gasteiger partial charge in [-0.1, -0.05) is 0 Å². The van der Waals surface area contributed by atoms with Crippen molar-refractivity contribution in [2.24, 2.45) is 0 Å². The highest BCUT2D eigenvalue weighted by Gasteiger charge is 2.39. The molecule has 47 heavy (non-hydrogen) atoms. The van der Waals surface area contributed by atoms with Gasteiger partial charge in [0.15, 0.2) is 27.6 Å². The lowest BCUT2D eigenvalue weighted by atomic mass is 10.1. The van der Waals surface area contributed by atoms with E-state index >= 15 is 0 Å². The number of hydrogen-bond donors (Lipinski definition) is 1. The van der Waals surface area contributed by atoms with Crippen molar-refractivity contribution in [2.45, 2.75) is 30.3 Å². The molecule has 2 heterocycles. The first kappa shape index (κ1) is 36.9. The van der Waals surface area contributed by atoms with Crippen LogP contribution in [0.5, 0.6) is 11.5 Å². The van der Waals surface area contributed by atoms with Crippen molar-refractivity contribution < 1.29 is 63.3 Å². The van der Waals surface area contributed by atoms with E-state index in [0.29, 0.717) is 17.8 Å². The quantitative estimate of drug-likeness (QED) is 0.277. The van der Waals surface area contributed by atoms with Gasteiger partial charge in [-0.2, -0.15) is 26.3 Å². The standard InChI is InChI=1S/C21H20F7N3O4S.C8H8O3/c1-12(20(23,24)25)35-17-4-3-14(36(2,33)34)10-15(17)19(32)31-7-5-30(6-8-31)18-16(22)9-13(11-29-18)21(26,27)28;1-11-8(10)6-2-4-7(9)5-3-6/h3-4,9-12H,5-8H2,1-2H3;2-5,9H,1H3/t12-;/m0./s1. The summed E-state index contributed by atoms with van der Waals surface area (Å²) in [5, 5.41) is 8.86. The van der Waals surface area contributed by atoms with Gasteiger partial charge in [-0.25, -0.2) is 22.6 Å². The summed E-state index contributed by atoms with van der Waals surface area (Å²) in [7, 11) is -2.50. The largest absolute Gasteiger partial charge is 0.508 e. The Balaban J connectivity index is 0.000000461. The van der Waals surface area contributed by atoms with Crippen molar-refractivity contribution >= 4 is 27.5 Å². The molecule has 1 aliphatic heterocycles. The van der Waals surface area contributed by atoms with Crippen molar-refractivity contribution in [2.75, 3.05) is 44.4 Å². The van der Waals surface area contributed by atoms with Crippen LogP contribution in [-0.4, -0.2) is 87.1 Å². The Morgan fingerprint density at radius 2 is 1.55 bits per heavy atom. The smallest absolute Gasteiger partial charge is 0.425 e. The maximum atomic E-state index is 14.3. The minimum atomic E-state index is -4.78. The van der Waals surface area contributed by atoms with Crippen molar-refractivity contribution in [1.29, 1.82) is 0 Å². The van der Waals surface area contributed by atoms with E-state index in [9.17, 15) is 48.7 Å². The molecule has 4 rings (SSSR count). The number of hydrogen-bond acceptors (Lipinski definition) is 9. The monoisotopic (exact) mass is 695 g/mol. The second kappa shape index (κ2) is 14.4. The molecule has 2 aromatic carbocycles. The van der Waals surface area contributed by atoms with E-state index in [1.807, 2.05) is 0 Å². The van der Waals surface area contributed by atoms with E-state index in [1.54, 1.807) is 0 Å². The zero-order chi connectivity index (χ0) is 35.3. The fourth-order valence-corrected chi connectivity index (χ4v) is 4.74. The van der Waals surface area contributed by atoms with E-state index in [1.165, 1.54) is 41.2 Å². The molecule has 1 saturated heterocycles. The summed E-state index contributed by atoms with van der Waals surface area (Å²) in [6, 6.07) is 9.08. The lowest BCUT2D eigenvalue weighted by Crippen LogP contribution is -2.49. The number of carbonyl (C=O) groups is 2. The first-order valence-electron chi connectivity index (χ1n) is 13.4. The molecule has 256 valence electrons. The molecule has 0 spiro atoms. The number of carbonyl (C=O) groups excluding carboxylic acids is 2. The average Bonchev–Trinajstić information content (AvgIpc) is 3.00. The normalized spacial score (nSPS) is 14.5. The highest BCUT2D eigenvalue weighted by Crippen LogP contribution is 2.32. The molecular formula is C29H28F7N3O7S. The number of phenols is 1. The van der Waals surface area contributed by atoms with Gasteiger partial charge in [0.2, 0.25) is 0 Å². The van der Waals surface area contributed by atoms with E-state index in [2.05, 4.69) is 9.72 Å². The molecule has 1 N–H and O–H groups in total. The Morgan fingerprint density at radius 3 is 2.04 bits per heavy atom. The number of rotatable bonds is 6. The molecule has 1 aliphatic rings. The number of benzene rings is 2. The van der Waals surface area contributed by atoms with Gasteiger partial charge in [-0.15, -0.1) is 0 Å². The van der Waals surface area contributed by atoms with Gasteiger partial charge in [-0.3, -0.25) is 4.79 Å². The average molecular weight is 696 g/mol. The number of sulfone groups is 1. The van der Waals surface area contributed by atoms with Crippen LogP contribution in [0.3, 0.4) is 0 Å². The van der Waals surface area contributed by atoms with Gasteiger partial charge >= 0.3 is 18.3 Å². The van der Waals surface area contributed by atoms with Crippen molar-refractivity contribution in [1.82, 2.24) is 9.88 Å². The van der Waals surface area contributed by atoms with Gasteiger partial charge < -0.3 is 24.4 Å². The predicted octanol–water partition coefficient (Wildman–Crippen LogP) is 5.11. The van der Waals surface area contributed by atoms with Crippen LogP contribution in [0.4, 0.5) is 36.6 Å². The Kier molecular flexibility index (Phi) is 11.3. The van der Waals surface area contributed by atoms with Crippen molar-refractivity contribution in [3.63, 3.8) is 0 Å². The van der Waals surface area contributed by atoms with Crippen LogP contribution in [0.2, 0.25) is 0 Å². The highest BCUT2D eigenvalue weighted by atomic mass is 32.2. The van der Waals surface area contributed by atoms with Gasteiger partial charge in [-0.05, 0) is 55.5 Å². The number of amides is 1. The van der Waals surface area contributed by atoms with E-state index in [-0.39, 0.29) is 42.6 Å². The van der Waals surface area contributed by atoms with Crippen LogP contribution in [0.1, 0.15) is 33.2 Å². The van der Waals surface area contributed by atoms with Crippen LogP contribution in [0, 0.1) is 5.82 Å². The molecule has 0 radical (unpaired) electrons.